The van der Waals surface area contributed by atoms with E-state index in [1.165, 1.54) is 11.8 Å². The van der Waals surface area contributed by atoms with Crippen LogP contribution in [0, 0.1) is 0 Å². The standard InChI is InChI=1S/C10H13NO.C9H13NO3S/c1-8(11-2)9-5-4-6-10(7-9)12-3;1-2-3-4-7-10-9(13)6(14-7)5-8(11)12/h4-7H,1-3H3;4,6H,2-3,5H2,1H3,(H,10,13)(H,11,12)/b;7-4-. The highest BCUT2D eigenvalue weighted by molar-refractivity contribution is 8.04. The lowest BCUT2D eigenvalue weighted by Crippen LogP contribution is -2.24. The fraction of sp³-hybridized carbons (Fsp3) is 0.421. The van der Waals surface area contributed by atoms with Gasteiger partial charge in [0, 0.05) is 12.8 Å². The van der Waals surface area contributed by atoms with E-state index < -0.39 is 11.2 Å². The molecule has 0 spiro atoms. The number of benzene rings is 1. The highest BCUT2D eigenvalue weighted by atomic mass is 32.2. The summed E-state index contributed by atoms with van der Waals surface area (Å²) in [6.07, 6.45) is 3.75. The molecule has 2 N–H and O–H groups in total. The smallest absolute Gasteiger partial charge is 0.305 e. The number of allylic oxidation sites excluding steroid dienone is 1. The Bertz CT molecular complexity index is 686. The molecule has 0 aromatic heterocycles. The zero-order valence-electron chi connectivity index (χ0n) is 15.6. The van der Waals surface area contributed by atoms with Crippen LogP contribution in [0.1, 0.15) is 38.7 Å². The minimum Gasteiger partial charge on any atom is -0.497 e. The summed E-state index contributed by atoms with van der Waals surface area (Å²) in [6.45, 7) is 4.03. The van der Waals surface area contributed by atoms with Gasteiger partial charge in [0.25, 0.3) is 0 Å². The number of ether oxygens (including phenoxy) is 1. The Labute approximate surface area is 158 Å². The van der Waals surface area contributed by atoms with Gasteiger partial charge in [0.1, 0.15) is 11.0 Å². The Hall–Kier alpha value is -2.28. The third-order valence-corrected chi connectivity index (χ3v) is 4.80. The van der Waals surface area contributed by atoms with E-state index in [9.17, 15) is 9.59 Å². The molecule has 0 aliphatic carbocycles. The second-order valence-electron chi connectivity index (χ2n) is 5.59. The molecular formula is C19H26N2O4S. The van der Waals surface area contributed by atoms with Gasteiger partial charge in [-0.3, -0.25) is 14.6 Å². The van der Waals surface area contributed by atoms with Gasteiger partial charge in [-0.25, -0.2) is 0 Å². The summed E-state index contributed by atoms with van der Waals surface area (Å²) in [7, 11) is 3.45. The van der Waals surface area contributed by atoms with Crippen molar-refractivity contribution < 1.29 is 19.4 Å². The molecule has 7 heteroatoms. The number of aliphatic imine (C=N–C) groups is 1. The Morgan fingerprint density at radius 2 is 2.19 bits per heavy atom. The van der Waals surface area contributed by atoms with E-state index in [2.05, 4.69) is 10.3 Å². The van der Waals surface area contributed by atoms with E-state index >= 15 is 0 Å². The molecule has 1 saturated heterocycles. The Morgan fingerprint density at radius 1 is 1.46 bits per heavy atom. The predicted octanol–water partition coefficient (Wildman–Crippen LogP) is 3.47. The molecule has 1 fully saturated rings. The molecule has 1 aromatic carbocycles. The van der Waals surface area contributed by atoms with Crippen molar-refractivity contribution >= 4 is 29.4 Å². The van der Waals surface area contributed by atoms with Crippen LogP contribution in [0.25, 0.3) is 0 Å². The quantitative estimate of drug-likeness (QED) is 0.740. The van der Waals surface area contributed by atoms with Crippen molar-refractivity contribution in [2.75, 3.05) is 14.2 Å². The molecule has 1 amide bonds. The minimum atomic E-state index is -0.936. The van der Waals surface area contributed by atoms with Crippen LogP contribution in [0.4, 0.5) is 0 Å². The lowest BCUT2D eigenvalue weighted by Gasteiger charge is -2.02. The normalized spacial score (nSPS) is 18.2. The number of nitrogens with zero attached hydrogens (tertiary/aromatic N) is 1. The zero-order chi connectivity index (χ0) is 19.5. The van der Waals surface area contributed by atoms with Gasteiger partial charge >= 0.3 is 5.97 Å². The number of hydrogen-bond donors (Lipinski definition) is 2. The number of unbranched alkanes of at least 4 members (excludes halogenated alkanes) is 1. The SMILES string of the molecule is CCC/C=C1/NC(=O)C(CC(=O)O)S1.CN=C(C)c1cccc(OC)c1. The summed E-state index contributed by atoms with van der Waals surface area (Å²) >= 11 is 1.31. The number of amides is 1. The minimum absolute atomic E-state index is 0.111. The van der Waals surface area contributed by atoms with Crippen LogP contribution >= 0.6 is 11.8 Å². The predicted molar refractivity (Wildman–Crippen MR) is 106 cm³/mol. The number of carbonyl (C=O) groups excluding carboxylic acids is 1. The first-order chi connectivity index (χ1) is 12.4. The van der Waals surface area contributed by atoms with E-state index in [0.717, 1.165) is 34.9 Å². The van der Waals surface area contributed by atoms with Crippen molar-refractivity contribution in [2.24, 2.45) is 4.99 Å². The van der Waals surface area contributed by atoms with Crippen molar-refractivity contribution in [1.82, 2.24) is 5.32 Å². The molecular weight excluding hydrogens is 352 g/mol. The monoisotopic (exact) mass is 378 g/mol. The molecule has 142 valence electrons. The van der Waals surface area contributed by atoms with Crippen molar-refractivity contribution in [2.45, 2.75) is 38.4 Å². The van der Waals surface area contributed by atoms with Crippen LogP contribution in [0.5, 0.6) is 5.75 Å². The average molecular weight is 378 g/mol. The number of carboxylic acids is 1. The van der Waals surface area contributed by atoms with Crippen molar-refractivity contribution in [3.05, 3.63) is 40.9 Å². The van der Waals surface area contributed by atoms with Crippen LogP contribution in [0.3, 0.4) is 0 Å². The lowest BCUT2D eigenvalue weighted by atomic mass is 10.1. The maximum absolute atomic E-state index is 11.2. The Kier molecular flexibility index (Phi) is 9.51. The number of hydrogen-bond acceptors (Lipinski definition) is 5. The first kappa shape index (κ1) is 21.8. The zero-order valence-corrected chi connectivity index (χ0v) is 16.4. The van der Waals surface area contributed by atoms with Gasteiger partial charge in [-0.2, -0.15) is 0 Å². The maximum Gasteiger partial charge on any atom is 0.305 e. The maximum atomic E-state index is 11.2. The first-order valence-corrected chi connectivity index (χ1v) is 9.26. The van der Waals surface area contributed by atoms with Crippen LogP contribution < -0.4 is 10.1 Å². The number of carboxylic acid groups (broad SMARTS) is 1. The average Bonchev–Trinajstić information content (AvgIpc) is 2.98. The summed E-state index contributed by atoms with van der Waals surface area (Å²) in [5.41, 5.74) is 2.13. The third kappa shape index (κ3) is 7.31. The van der Waals surface area contributed by atoms with Gasteiger partial charge < -0.3 is 15.2 Å². The summed E-state index contributed by atoms with van der Waals surface area (Å²) in [6, 6.07) is 7.88. The number of thioether (sulfide) groups is 1. The van der Waals surface area contributed by atoms with E-state index in [-0.39, 0.29) is 12.3 Å². The summed E-state index contributed by atoms with van der Waals surface area (Å²) in [5, 5.41) is 11.5. The van der Waals surface area contributed by atoms with Crippen molar-refractivity contribution in [1.29, 1.82) is 0 Å². The van der Waals surface area contributed by atoms with E-state index in [0.29, 0.717) is 0 Å². The molecule has 0 saturated carbocycles. The van der Waals surface area contributed by atoms with Crippen LogP contribution in [0.2, 0.25) is 0 Å². The number of methoxy groups -OCH3 is 1. The van der Waals surface area contributed by atoms with Crippen LogP contribution in [-0.4, -0.2) is 42.1 Å². The second-order valence-corrected chi connectivity index (χ2v) is 6.84. The molecule has 1 aliphatic heterocycles. The topological polar surface area (TPSA) is 88.0 Å². The largest absolute Gasteiger partial charge is 0.497 e. The van der Waals surface area contributed by atoms with Crippen LogP contribution in [-0.2, 0) is 9.59 Å². The molecule has 1 heterocycles. The molecule has 1 aromatic rings. The molecule has 1 aliphatic rings. The number of carbonyl (C=O) groups is 2. The van der Waals surface area contributed by atoms with Gasteiger partial charge in [0.2, 0.25) is 5.91 Å². The molecule has 1 unspecified atom stereocenters. The highest BCUT2D eigenvalue weighted by Gasteiger charge is 2.30. The number of rotatable bonds is 6. The summed E-state index contributed by atoms with van der Waals surface area (Å²) < 4.78 is 5.09. The fourth-order valence-corrected chi connectivity index (χ4v) is 3.15. The second kappa shape index (κ2) is 11.4. The Morgan fingerprint density at radius 3 is 2.77 bits per heavy atom. The third-order valence-electron chi connectivity index (χ3n) is 3.61. The van der Waals surface area contributed by atoms with Crippen LogP contribution in [0.15, 0.2) is 40.4 Å². The summed E-state index contributed by atoms with van der Waals surface area (Å²) in [5.74, 6) is -0.260. The van der Waals surface area contributed by atoms with Gasteiger partial charge in [0.05, 0.1) is 18.6 Å². The molecule has 1 atom stereocenters. The number of nitrogens with one attached hydrogen (secondary N) is 1. The van der Waals surface area contributed by atoms with Crippen molar-refractivity contribution in [3.63, 3.8) is 0 Å². The first-order valence-electron chi connectivity index (χ1n) is 8.38. The van der Waals surface area contributed by atoms with Gasteiger partial charge in [-0.15, -0.1) is 0 Å². The van der Waals surface area contributed by atoms with E-state index in [4.69, 9.17) is 9.84 Å². The highest BCUT2D eigenvalue weighted by Crippen LogP contribution is 2.29. The molecule has 6 nitrogen and oxygen atoms in total. The fourth-order valence-electron chi connectivity index (χ4n) is 2.08. The molecule has 0 radical (unpaired) electrons. The van der Waals surface area contributed by atoms with Crippen molar-refractivity contribution in [3.8, 4) is 5.75 Å². The van der Waals surface area contributed by atoms with Gasteiger partial charge in [-0.05, 0) is 31.0 Å². The van der Waals surface area contributed by atoms with Gasteiger partial charge in [-0.1, -0.05) is 43.3 Å². The number of aliphatic carboxylic acids is 1. The van der Waals surface area contributed by atoms with E-state index in [1.807, 2.05) is 44.2 Å². The molecule has 0 bridgehead atoms. The summed E-state index contributed by atoms with van der Waals surface area (Å²) in [4.78, 5) is 25.8. The molecule has 26 heavy (non-hydrogen) atoms. The lowest BCUT2D eigenvalue weighted by molar-refractivity contribution is -0.138. The Balaban J connectivity index is 0.000000263. The molecule has 2 rings (SSSR count). The van der Waals surface area contributed by atoms with E-state index in [1.54, 1.807) is 14.2 Å². The van der Waals surface area contributed by atoms with Gasteiger partial charge in [0.15, 0.2) is 0 Å².